The Bertz CT molecular complexity index is 3130. The van der Waals surface area contributed by atoms with E-state index in [2.05, 4.69) is 233 Å². The summed E-state index contributed by atoms with van der Waals surface area (Å²) in [5.41, 5.74) is 13.9. The molecule has 0 spiro atoms. The second-order valence-corrected chi connectivity index (χ2v) is 14.6. The minimum atomic E-state index is 0.894. The fourth-order valence-corrected chi connectivity index (χ4v) is 8.58. The molecule has 0 saturated heterocycles. The van der Waals surface area contributed by atoms with Crippen molar-refractivity contribution in [3.8, 4) is 16.8 Å². The summed E-state index contributed by atoms with van der Waals surface area (Å²) in [4.78, 5) is 4.65. The Hall–Kier alpha value is -7.82. The molecule has 0 fully saturated rings. The molecule has 0 aliphatic heterocycles. The molecule has 0 aliphatic carbocycles. The predicted molar refractivity (Wildman–Crippen MR) is 243 cm³/mol. The highest BCUT2D eigenvalue weighted by Gasteiger charge is 2.21. The van der Waals surface area contributed by atoms with Crippen LogP contribution in [0, 0.1) is 0 Å². The summed E-state index contributed by atoms with van der Waals surface area (Å²) in [7, 11) is 0. The molecule has 11 aromatic rings. The van der Waals surface area contributed by atoms with Crippen molar-refractivity contribution in [2.45, 2.75) is 0 Å². The first kappa shape index (κ1) is 33.5. The highest BCUT2D eigenvalue weighted by molar-refractivity contribution is 6.27. The SMILES string of the molecule is c1ccc(N(c2ccccc2)c2ccc(-c3cc(N(c4ccccc4)c4ccccc4)cc(-n4c5ccccc5c5c6c(ccc54)oc4ccccc46)c3)cc2)cc1. The largest absolute Gasteiger partial charge is 0.456 e. The second kappa shape index (κ2) is 14.0. The van der Waals surface area contributed by atoms with Crippen LogP contribution in [0.3, 0.4) is 0 Å². The Morgan fingerprint density at radius 3 is 1.41 bits per heavy atom. The van der Waals surface area contributed by atoms with Crippen LogP contribution in [0.4, 0.5) is 34.1 Å². The number of para-hydroxylation sites is 6. The molecule has 0 bridgehead atoms. The third kappa shape index (κ3) is 5.70. The minimum Gasteiger partial charge on any atom is -0.456 e. The lowest BCUT2D eigenvalue weighted by Crippen LogP contribution is -2.11. The summed E-state index contributed by atoms with van der Waals surface area (Å²) >= 11 is 0. The van der Waals surface area contributed by atoms with Crippen LogP contribution in [0.1, 0.15) is 0 Å². The topological polar surface area (TPSA) is 24.6 Å². The first-order valence-electron chi connectivity index (χ1n) is 19.7. The van der Waals surface area contributed by atoms with Gasteiger partial charge in [0, 0.05) is 61.4 Å². The zero-order chi connectivity index (χ0) is 38.4. The smallest absolute Gasteiger partial charge is 0.136 e. The Morgan fingerprint density at radius 2 is 0.810 bits per heavy atom. The van der Waals surface area contributed by atoms with E-state index in [0.717, 1.165) is 83.9 Å². The molecule has 0 N–H and O–H groups in total. The lowest BCUT2D eigenvalue weighted by atomic mass is 10.0. The van der Waals surface area contributed by atoms with Gasteiger partial charge in [-0.15, -0.1) is 0 Å². The monoisotopic (exact) mass is 743 g/mol. The van der Waals surface area contributed by atoms with Gasteiger partial charge in [0.1, 0.15) is 11.2 Å². The van der Waals surface area contributed by atoms with Crippen LogP contribution < -0.4 is 9.80 Å². The summed E-state index contributed by atoms with van der Waals surface area (Å²) in [5.74, 6) is 0. The zero-order valence-electron chi connectivity index (χ0n) is 31.6. The lowest BCUT2D eigenvalue weighted by Gasteiger charge is -2.27. The maximum atomic E-state index is 6.41. The number of anilines is 6. The normalized spacial score (nSPS) is 11.4. The first-order valence-corrected chi connectivity index (χ1v) is 19.7. The van der Waals surface area contributed by atoms with E-state index in [1.54, 1.807) is 0 Å². The standard InChI is InChI=1S/C54H37N3O/c1-5-17-40(18-6-1)55(41-19-7-2-8-20-41)44-31-29-38(30-32-44)39-35-45(56(42-21-9-3-10-22-42)43-23-11-4-12-24-43)37-46(36-39)57-49-27-15-13-25-47(49)53-50(57)33-34-52-54(53)48-26-14-16-28-51(48)58-52/h1-37H. The Balaban J connectivity index is 1.15. The average molecular weight is 744 g/mol. The number of fused-ring (bicyclic) bond motifs is 7. The lowest BCUT2D eigenvalue weighted by molar-refractivity contribution is 0.669. The number of rotatable bonds is 8. The number of nitrogens with zero attached hydrogens (tertiary/aromatic N) is 3. The molecule has 0 radical (unpaired) electrons. The fourth-order valence-electron chi connectivity index (χ4n) is 8.58. The van der Waals surface area contributed by atoms with E-state index >= 15 is 0 Å². The van der Waals surface area contributed by atoms with E-state index in [4.69, 9.17) is 4.42 Å². The number of benzene rings is 9. The number of hydrogen-bond donors (Lipinski definition) is 0. The summed E-state index contributed by atoms with van der Waals surface area (Å²) in [6.45, 7) is 0. The molecule has 58 heavy (non-hydrogen) atoms. The van der Waals surface area contributed by atoms with Crippen LogP contribution in [0.15, 0.2) is 229 Å². The van der Waals surface area contributed by atoms with Crippen LogP contribution in [0.2, 0.25) is 0 Å². The van der Waals surface area contributed by atoms with E-state index < -0.39 is 0 Å². The maximum Gasteiger partial charge on any atom is 0.136 e. The average Bonchev–Trinajstić information content (AvgIpc) is 3.84. The zero-order valence-corrected chi connectivity index (χ0v) is 31.6. The number of aromatic nitrogens is 1. The van der Waals surface area contributed by atoms with Crippen molar-refractivity contribution in [1.29, 1.82) is 0 Å². The third-order valence-electron chi connectivity index (χ3n) is 11.1. The van der Waals surface area contributed by atoms with Crippen molar-refractivity contribution in [1.82, 2.24) is 4.57 Å². The van der Waals surface area contributed by atoms with Crippen LogP contribution in [0.5, 0.6) is 0 Å². The molecule has 0 unspecified atom stereocenters. The van der Waals surface area contributed by atoms with Gasteiger partial charge in [-0.2, -0.15) is 0 Å². The molecule has 4 nitrogen and oxygen atoms in total. The van der Waals surface area contributed by atoms with E-state index in [-0.39, 0.29) is 0 Å². The molecule has 2 heterocycles. The van der Waals surface area contributed by atoms with Crippen molar-refractivity contribution in [3.05, 3.63) is 224 Å². The van der Waals surface area contributed by atoms with Gasteiger partial charge in [-0.25, -0.2) is 0 Å². The van der Waals surface area contributed by atoms with Gasteiger partial charge in [0.05, 0.1) is 11.0 Å². The Kier molecular flexibility index (Phi) is 8.11. The highest BCUT2D eigenvalue weighted by atomic mass is 16.3. The van der Waals surface area contributed by atoms with Crippen molar-refractivity contribution in [3.63, 3.8) is 0 Å². The Labute approximate surface area is 336 Å². The molecule has 9 aromatic carbocycles. The van der Waals surface area contributed by atoms with Gasteiger partial charge in [0.2, 0.25) is 0 Å². The molecule has 0 amide bonds. The van der Waals surface area contributed by atoms with Crippen molar-refractivity contribution < 1.29 is 4.42 Å². The van der Waals surface area contributed by atoms with E-state index in [9.17, 15) is 0 Å². The van der Waals surface area contributed by atoms with E-state index in [0.29, 0.717) is 0 Å². The van der Waals surface area contributed by atoms with Gasteiger partial charge in [-0.05, 0) is 114 Å². The first-order chi connectivity index (χ1) is 28.8. The number of hydrogen-bond acceptors (Lipinski definition) is 3. The fraction of sp³-hybridized carbons (Fsp3) is 0. The molecule has 0 saturated carbocycles. The van der Waals surface area contributed by atoms with Crippen molar-refractivity contribution in [2.75, 3.05) is 9.80 Å². The van der Waals surface area contributed by atoms with Crippen LogP contribution >= 0.6 is 0 Å². The maximum absolute atomic E-state index is 6.41. The van der Waals surface area contributed by atoms with E-state index in [1.165, 1.54) is 10.8 Å². The van der Waals surface area contributed by atoms with Crippen molar-refractivity contribution >= 4 is 77.9 Å². The van der Waals surface area contributed by atoms with Gasteiger partial charge in [-0.1, -0.05) is 121 Å². The molecule has 274 valence electrons. The third-order valence-corrected chi connectivity index (χ3v) is 11.1. The van der Waals surface area contributed by atoms with Gasteiger partial charge >= 0.3 is 0 Å². The van der Waals surface area contributed by atoms with Gasteiger partial charge in [0.15, 0.2) is 0 Å². The van der Waals surface area contributed by atoms with Crippen LogP contribution in [-0.4, -0.2) is 4.57 Å². The molecule has 11 rings (SSSR count). The molecule has 0 aliphatic rings. The molecular weight excluding hydrogens is 707 g/mol. The van der Waals surface area contributed by atoms with Crippen molar-refractivity contribution in [2.24, 2.45) is 0 Å². The summed E-state index contributed by atoms with van der Waals surface area (Å²) in [5, 5.41) is 4.65. The summed E-state index contributed by atoms with van der Waals surface area (Å²) < 4.78 is 8.84. The predicted octanol–water partition coefficient (Wildman–Crippen LogP) is 15.3. The highest BCUT2D eigenvalue weighted by Crippen LogP contribution is 2.44. The quantitative estimate of drug-likeness (QED) is 0.155. The molecule has 0 atom stereocenters. The minimum absolute atomic E-state index is 0.894. The summed E-state index contributed by atoms with van der Waals surface area (Å²) in [6.07, 6.45) is 0. The molecule has 4 heteroatoms. The number of furan rings is 1. The molecule has 2 aromatic heterocycles. The Morgan fingerprint density at radius 1 is 0.310 bits per heavy atom. The van der Waals surface area contributed by atoms with Gasteiger partial charge < -0.3 is 18.8 Å². The van der Waals surface area contributed by atoms with E-state index in [1.807, 2.05) is 6.07 Å². The summed E-state index contributed by atoms with van der Waals surface area (Å²) in [6, 6.07) is 79.8. The van der Waals surface area contributed by atoms with Crippen LogP contribution in [-0.2, 0) is 0 Å². The second-order valence-electron chi connectivity index (χ2n) is 14.6. The van der Waals surface area contributed by atoms with Crippen LogP contribution in [0.25, 0.3) is 60.6 Å². The van der Waals surface area contributed by atoms with Gasteiger partial charge in [0.25, 0.3) is 0 Å². The molecular formula is C54H37N3O. The van der Waals surface area contributed by atoms with Gasteiger partial charge in [-0.3, -0.25) is 0 Å².